The number of carbonyl (C=O) groups is 2. The second kappa shape index (κ2) is 17.1. The number of nitrogens with zero attached hydrogens (tertiary/aromatic N) is 1. The van der Waals surface area contributed by atoms with Gasteiger partial charge in [-0.1, -0.05) is 34.6 Å². The van der Waals surface area contributed by atoms with Gasteiger partial charge in [0.2, 0.25) is 0 Å². The maximum atomic E-state index is 13.8. The van der Waals surface area contributed by atoms with Crippen molar-refractivity contribution in [3.63, 3.8) is 0 Å². The van der Waals surface area contributed by atoms with Gasteiger partial charge in [-0.05, 0) is 60.5 Å². The first kappa shape index (κ1) is 40.2. The zero-order chi connectivity index (χ0) is 35.5. The number of ether oxygens (including phenoxy) is 6. The predicted molar refractivity (Wildman–Crippen MR) is 174 cm³/mol. The van der Waals surface area contributed by atoms with Gasteiger partial charge in [0.25, 0.3) is 0 Å². The van der Waals surface area contributed by atoms with Crippen molar-refractivity contribution in [2.45, 2.75) is 155 Å². The van der Waals surface area contributed by atoms with E-state index in [1.807, 2.05) is 46.7 Å². The van der Waals surface area contributed by atoms with E-state index in [4.69, 9.17) is 28.4 Å². The molecule has 3 aliphatic rings. The summed E-state index contributed by atoms with van der Waals surface area (Å²) < 4.78 is 37.1. The lowest BCUT2D eigenvalue weighted by atomic mass is 9.77. The van der Waals surface area contributed by atoms with Gasteiger partial charge in [-0.2, -0.15) is 0 Å². The van der Waals surface area contributed by atoms with Crippen molar-refractivity contribution >= 4 is 11.8 Å². The van der Waals surface area contributed by atoms with Crippen LogP contribution < -0.4 is 0 Å². The monoisotopic (exact) mass is 673 g/mol. The number of hydrogen-bond acceptors (Lipinski definition) is 12. The smallest absolute Gasteiger partial charge is 0.311 e. The third kappa shape index (κ3) is 9.52. The molecule has 0 saturated carbocycles. The molecule has 3 aliphatic heterocycles. The van der Waals surface area contributed by atoms with Crippen LogP contribution in [0.25, 0.3) is 0 Å². The standard InChI is InChI=1S/C35H63NO11/c1-16-13-17(2)32(47-35-31(40)25(36(10)11)14-18(3)43-35)21(6)33(46-27-15-26(42-12)30(39)24(9)44-27)22(7)34(41)45-23(8)19(4)29(38)20(5)28(16)37/h16-27,29-33,35,38-40H,13-15H2,1-12H3/t16-,17+,18-,19+,20+,21-,22-,23-,24+,25+,26+,27+,29+,30+,31-,32+,33?,35+/m1/s1. The van der Waals surface area contributed by atoms with E-state index < -0.39 is 97.0 Å². The van der Waals surface area contributed by atoms with Crippen molar-refractivity contribution in [1.29, 1.82) is 0 Å². The zero-order valence-corrected chi connectivity index (χ0v) is 30.6. The number of likely N-dealkylation sites (N-methyl/N-ethyl adjacent to an activating group) is 1. The molecule has 0 aromatic carbocycles. The molecule has 3 rings (SSSR count). The molecule has 0 amide bonds. The van der Waals surface area contributed by atoms with Gasteiger partial charge in [0.1, 0.15) is 24.1 Å². The summed E-state index contributed by atoms with van der Waals surface area (Å²) in [4.78, 5) is 29.4. The summed E-state index contributed by atoms with van der Waals surface area (Å²) in [5.74, 6) is -3.70. The van der Waals surface area contributed by atoms with E-state index in [9.17, 15) is 24.9 Å². The summed E-state index contributed by atoms with van der Waals surface area (Å²) in [5.41, 5.74) is 0. The lowest BCUT2D eigenvalue weighted by molar-refractivity contribution is -0.298. The molecule has 0 aromatic heterocycles. The summed E-state index contributed by atoms with van der Waals surface area (Å²) in [6.45, 7) is 16.4. The Hall–Kier alpha value is -1.22. The van der Waals surface area contributed by atoms with Crippen LogP contribution in [0, 0.1) is 35.5 Å². The minimum Gasteiger partial charge on any atom is -0.462 e. The van der Waals surface area contributed by atoms with E-state index in [-0.39, 0.29) is 30.3 Å². The predicted octanol–water partition coefficient (Wildman–Crippen LogP) is 2.78. The molecule has 3 N–H and O–H groups in total. The van der Waals surface area contributed by atoms with Crippen LogP contribution in [-0.2, 0) is 38.0 Å². The lowest BCUT2D eigenvalue weighted by Gasteiger charge is -2.46. The second-order valence-corrected chi connectivity index (χ2v) is 15.0. The number of aliphatic hydroxyl groups excluding tert-OH is 3. The van der Waals surface area contributed by atoms with Gasteiger partial charge in [0.15, 0.2) is 12.6 Å². The average Bonchev–Trinajstić information content (AvgIpc) is 3.02. The van der Waals surface area contributed by atoms with Gasteiger partial charge in [0.05, 0.1) is 42.5 Å². The fraction of sp³-hybridized carbons (Fsp3) is 0.943. The molecular weight excluding hydrogens is 610 g/mol. The van der Waals surface area contributed by atoms with Crippen LogP contribution >= 0.6 is 0 Å². The first-order valence-electron chi connectivity index (χ1n) is 17.5. The summed E-state index contributed by atoms with van der Waals surface area (Å²) >= 11 is 0. The molecule has 0 spiro atoms. The van der Waals surface area contributed by atoms with Crippen molar-refractivity contribution < 1.29 is 53.3 Å². The molecule has 3 saturated heterocycles. The van der Waals surface area contributed by atoms with Crippen LogP contribution in [0.1, 0.15) is 81.6 Å². The Morgan fingerprint density at radius 2 is 1.36 bits per heavy atom. The normalized spacial score (nSPS) is 48.2. The molecule has 274 valence electrons. The average molecular weight is 674 g/mol. The van der Waals surface area contributed by atoms with E-state index in [1.165, 1.54) is 7.11 Å². The highest BCUT2D eigenvalue weighted by atomic mass is 16.7. The fourth-order valence-electron chi connectivity index (χ4n) is 7.67. The van der Waals surface area contributed by atoms with Gasteiger partial charge in [-0.3, -0.25) is 9.59 Å². The summed E-state index contributed by atoms with van der Waals surface area (Å²) in [5, 5.41) is 33.2. The molecule has 3 fully saturated rings. The second-order valence-electron chi connectivity index (χ2n) is 15.0. The molecule has 3 heterocycles. The van der Waals surface area contributed by atoms with Crippen LogP contribution in [0.4, 0.5) is 0 Å². The van der Waals surface area contributed by atoms with E-state index in [2.05, 4.69) is 0 Å². The largest absolute Gasteiger partial charge is 0.462 e. The van der Waals surface area contributed by atoms with Gasteiger partial charge in [-0.15, -0.1) is 0 Å². The molecule has 0 radical (unpaired) electrons. The summed E-state index contributed by atoms with van der Waals surface area (Å²) in [7, 11) is 5.34. The van der Waals surface area contributed by atoms with E-state index >= 15 is 0 Å². The Balaban J connectivity index is 2.06. The van der Waals surface area contributed by atoms with Crippen molar-refractivity contribution in [3.8, 4) is 0 Å². The molecule has 18 atom stereocenters. The van der Waals surface area contributed by atoms with Crippen LogP contribution in [-0.4, -0.2) is 127 Å². The van der Waals surface area contributed by atoms with Crippen molar-refractivity contribution in [3.05, 3.63) is 0 Å². The highest BCUT2D eigenvalue weighted by Gasteiger charge is 2.47. The third-order valence-corrected chi connectivity index (χ3v) is 11.0. The number of hydrogen-bond donors (Lipinski definition) is 3. The Morgan fingerprint density at radius 1 is 0.723 bits per heavy atom. The maximum absolute atomic E-state index is 13.8. The Bertz CT molecular complexity index is 1010. The minimum atomic E-state index is -1.01. The van der Waals surface area contributed by atoms with Crippen molar-refractivity contribution in [2.24, 2.45) is 35.5 Å². The SMILES string of the molecule is CO[C@H]1C[C@H](OC2[C@@H](C)C(=O)O[C@H](C)[C@H](C)[C@H](O)[C@@H](C)C(=O)[C@H](C)C[C@H](C)[C@H](O[C@@H]3O[C@H](C)C[C@H](N(C)C)[C@H]3O)[C@H]2C)O[C@@H](C)[C@@H]1O. The molecule has 0 aliphatic carbocycles. The number of Topliss-reactive ketones (excluding diaryl/α,β-unsaturated/α-hetero) is 1. The Kier molecular flexibility index (Phi) is 14.7. The van der Waals surface area contributed by atoms with Crippen LogP contribution in [0.3, 0.4) is 0 Å². The zero-order valence-electron chi connectivity index (χ0n) is 30.6. The molecule has 12 nitrogen and oxygen atoms in total. The Morgan fingerprint density at radius 3 is 1.96 bits per heavy atom. The number of ketones is 1. The van der Waals surface area contributed by atoms with Gasteiger partial charge in [0, 0.05) is 43.2 Å². The van der Waals surface area contributed by atoms with Gasteiger partial charge < -0.3 is 48.6 Å². The number of carbonyl (C=O) groups excluding carboxylic acids is 2. The first-order valence-corrected chi connectivity index (χ1v) is 17.5. The molecule has 12 heteroatoms. The minimum absolute atomic E-state index is 0.0802. The van der Waals surface area contributed by atoms with Crippen molar-refractivity contribution in [1.82, 2.24) is 4.90 Å². The number of cyclic esters (lactones) is 1. The van der Waals surface area contributed by atoms with E-state index in [1.54, 1.807) is 34.6 Å². The molecule has 0 aromatic rings. The molecular formula is C35H63NO11. The quantitative estimate of drug-likeness (QED) is 0.356. The van der Waals surface area contributed by atoms with Gasteiger partial charge in [-0.25, -0.2) is 0 Å². The lowest BCUT2D eigenvalue weighted by Crippen LogP contribution is -2.57. The highest BCUT2D eigenvalue weighted by Crippen LogP contribution is 2.37. The van der Waals surface area contributed by atoms with E-state index in [0.717, 1.165) is 0 Å². The molecule has 0 bridgehead atoms. The third-order valence-electron chi connectivity index (χ3n) is 11.0. The number of aliphatic hydroxyl groups is 3. The maximum Gasteiger partial charge on any atom is 0.311 e. The van der Waals surface area contributed by atoms with Crippen LogP contribution in [0.15, 0.2) is 0 Å². The Labute approximate surface area is 281 Å². The first-order chi connectivity index (χ1) is 21.9. The van der Waals surface area contributed by atoms with Crippen LogP contribution in [0.5, 0.6) is 0 Å². The molecule has 47 heavy (non-hydrogen) atoms. The number of methoxy groups -OCH3 is 1. The van der Waals surface area contributed by atoms with Crippen LogP contribution in [0.2, 0.25) is 0 Å². The number of esters is 1. The highest BCUT2D eigenvalue weighted by molar-refractivity contribution is 5.83. The van der Waals surface area contributed by atoms with Crippen molar-refractivity contribution in [2.75, 3.05) is 21.2 Å². The summed E-state index contributed by atoms with van der Waals surface area (Å²) in [6.07, 6.45) is -6.66. The number of rotatable bonds is 6. The van der Waals surface area contributed by atoms with Gasteiger partial charge >= 0.3 is 5.97 Å². The fourth-order valence-corrected chi connectivity index (χ4v) is 7.67. The summed E-state index contributed by atoms with van der Waals surface area (Å²) in [6, 6.07) is -0.199. The molecule has 1 unspecified atom stereocenters. The topological polar surface area (TPSA) is 153 Å². The van der Waals surface area contributed by atoms with E-state index in [0.29, 0.717) is 12.8 Å².